The van der Waals surface area contributed by atoms with Gasteiger partial charge in [0.15, 0.2) is 8.32 Å². The van der Waals surface area contributed by atoms with Crippen LogP contribution in [0, 0.1) is 17.8 Å². The van der Waals surface area contributed by atoms with E-state index in [9.17, 15) is 0 Å². The third-order valence-corrected chi connectivity index (χ3v) is 17.8. The Morgan fingerprint density at radius 3 is 1.07 bits per heavy atom. The van der Waals surface area contributed by atoms with E-state index in [1.54, 1.807) is 0 Å². The Kier molecular flexibility index (Phi) is 16.4. The van der Waals surface area contributed by atoms with Crippen LogP contribution in [0.1, 0.15) is 93.0 Å². The lowest BCUT2D eigenvalue weighted by molar-refractivity contribution is 0.0316. The van der Waals surface area contributed by atoms with Gasteiger partial charge in [0.2, 0.25) is 0 Å². The molecule has 0 heterocycles. The van der Waals surface area contributed by atoms with Gasteiger partial charge in [-0.25, -0.2) is 0 Å². The summed E-state index contributed by atoms with van der Waals surface area (Å²) in [5.74, 6) is 1.60. The van der Waals surface area contributed by atoms with Crippen molar-refractivity contribution < 1.29 is 4.43 Å². The van der Waals surface area contributed by atoms with E-state index in [1.165, 1.54) is 44.5 Å². The van der Waals surface area contributed by atoms with Crippen molar-refractivity contribution in [1.29, 1.82) is 0 Å². The number of benzene rings is 5. The molecule has 5 rings (SSSR count). The fourth-order valence-electron chi connectivity index (χ4n) is 7.76. The lowest BCUT2D eigenvalue weighted by Crippen LogP contribution is -2.49. The molecule has 1 nitrogen and oxygen atoms in total. The molecule has 0 spiro atoms. The van der Waals surface area contributed by atoms with Gasteiger partial charge in [0.1, 0.15) is 0 Å². The zero-order valence-electron chi connectivity index (χ0n) is 34.7. The molecule has 0 radical (unpaired) electrons. The summed E-state index contributed by atoms with van der Waals surface area (Å²) in [5.41, 5.74) is 10.2. The first kappa shape index (κ1) is 43.8. The van der Waals surface area contributed by atoms with Crippen molar-refractivity contribution >= 4 is 64.5 Å². The van der Waals surface area contributed by atoms with Crippen molar-refractivity contribution in [3.8, 4) is 0 Å². The number of hydrogen-bond donors (Lipinski definition) is 0. The van der Waals surface area contributed by atoms with E-state index in [0.29, 0.717) is 17.8 Å². The summed E-state index contributed by atoms with van der Waals surface area (Å²) in [7, 11) is -1.78. The highest BCUT2D eigenvalue weighted by atomic mass is 79.9. The normalized spacial score (nSPS) is 13.5. The molecule has 56 heavy (non-hydrogen) atoms. The summed E-state index contributed by atoms with van der Waals surface area (Å²) in [6.45, 7) is 16.3. The molecule has 0 amide bonds. The SMILES string of the molecule is CC[Si](CC)(CC)OC(C)(C)C(Cc1ccc(Br)cc1)Cc1ccc(/C=C/c2ccc(/C=C/c3ccc(CC(Cc4ccc(Br)cc4)C(C)C)cc3)cc2)cc1. The Labute approximate surface area is 357 Å². The van der Waals surface area contributed by atoms with Crippen molar-refractivity contribution in [1.82, 2.24) is 0 Å². The largest absolute Gasteiger partial charge is 0.412 e. The molecule has 0 N–H and O–H groups in total. The van der Waals surface area contributed by atoms with Crippen LogP contribution in [0.4, 0.5) is 0 Å². The average Bonchev–Trinajstić information content (AvgIpc) is 3.21. The Balaban J connectivity index is 1.18. The molecule has 294 valence electrons. The third kappa shape index (κ3) is 13.1. The van der Waals surface area contributed by atoms with E-state index < -0.39 is 8.32 Å². The molecular weight excluding hydrogens is 828 g/mol. The molecule has 0 aromatic heterocycles. The van der Waals surface area contributed by atoms with Crippen molar-refractivity contribution in [3.63, 3.8) is 0 Å². The highest BCUT2D eigenvalue weighted by Crippen LogP contribution is 2.36. The summed E-state index contributed by atoms with van der Waals surface area (Å²) in [6, 6.07) is 48.1. The summed E-state index contributed by atoms with van der Waals surface area (Å²) in [6.07, 6.45) is 13.0. The molecule has 2 unspecified atom stereocenters. The minimum absolute atomic E-state index is 0.218. The predicted molar refractivity (Wildman–Crippen MR) is 254 cm³/mol. The molecule has 0 aliphatic heterocycles. The topological polar surface area (TPSA) is 9.23 Å². The van der Waals surface area contributed by atoms with Crippen LogP contribution in [0.2, 0.25) is 18.1 Å². The van der Waals surface area contributed by atoms with Crippen LogP contribution in [-0.2, 0) is 30.1 Å². The molecule has 0 bridgehead atoms. The summed E-state index contributed by atoms with van der Waals surface area (Å²) >= 11 is 7.18. The smallest absolute Gasteiger partial charge is 0.192 e. The molecule has 0 aliphatic carbocycles. The van der Waals surface area contributed by atoms with E-state index in [2.05, 4.69) is 226 Å². The first-order chi connectivity index (χ1) is 26.9. The van der Waals surface area contributed by atoms with E-state index in [0.717, 1.165) is 52.8 Å². The first-order valence-corrected chi connectivity index (χ1v) is 24.8. The second-order valence-corrected chi connectivity index (χ2v) is 23.1. The molecule has 0 saturated carbocycles. The van der Waals surface area contributed by atoms with Gasteiger partial charge in [-0.2, -0.15) is 0 Å². The van der Waals surface area contributed by atoms with Crippen molar-refractivity contribution in [2.45, 2.75) is 97.9 Å². The fourth-order valence-corrected chi connectivity index (χ4v) is 11.5. The van der Waals surface area contributed by atoms with Gasteiger partial charge in [-0.1, -0.05) is 188 Å². The van der Waals surface area contributed by atoms with E-state index in [4.69, 9.17) is 4.43 Å². The molecule has 0 saturated heterocycles. The Morgan fingerprint density at radius 1 is 0.482 bits per heavy atom. The summed E-state index contributed by atoms with van der Waals surface area (Å²) < 4.78 is 9.47. The second kappa shape index (κ2) is 20.9. The zero-order chi connectivity index (χ0) is 40.1. The summed E-state index contributed by atoms with van der Waals surface area (Å²) in [4.78, 5) is 0. The van der Waals surface area contributed by atoms with Crippen LogP contribution in [0.15, 0.2) is 130 Å². The number of rotatable bonds is 19. The zero-order valence-corrected chi connectivity index (χ0v) is 38.9. The first-order valence-electron chi connectivity index (χ1n) is 20.7. The van der Waals surface area contributed by atoms with Gasteiger partial charge in [0.05, 0.1) is 5.60 Å². The second-order valence-electron chi connectivity index (χ2n) is 16.5. The van der Waals surface area contributed by atoms with Gasteiger partial charge in [-0.3, -0.25) is 0 Å². The van der Waals surface area contributed by atoms with E-state index >= 15 is 0 Å². The van der Waals surface area contributed by atoms with Crippen molar-refractivity contribution in [3.05, 3.63) is 175 Å². The standard InChI is InChI=1S/C52H62Br2OSi/c1-8-56(9-2,10-3)55-52(6,7)49(38-47-29-33-51(54)34-30-47)37-46-25-21-43(22-26-46)18-16-41-13-11-40(12-14-41)15-17-42-19-23-44(24-20-42)35-48(39(4)5)36-45-27-31-50(53)32-28-45/h11-34,39,48-49H,8-10,35-38H2,1-7H3/b17-15+,18-16+. The molecule has 5 aromatic carbocycles. The fraction of sp³-hybridized carbons (Fsp3) is 0.346. The molecule has 2 atom stereocenters. The van der Waals surface area contributed by atoms with Crippen LogP contribution >= 0.6 is 31.9 Å². The number of halogens is 2. The molecule has 5 aromatic rings. The average molecular weight is 891 g/mol. The molecule has 0 fully saturated rings. The van der Waals surface area contributed by atoms with Crippen LogP contribution in [0.25, 0.3) is 24.3 Å². The Hall–Kier alpha value is -3.28. The maximum atomic E-state index is 7.21. The van der Waals surface area contributed by atoms with Gasteiger partial charge in [-0.15, -0.1) is 0 Å². The van der Waals surface area contributed by atoms with Crippen molar-refractivity contribution in [2.24, 2.45) is 17.8 Å². The van der Waals surface area contributed by atoms with Gasteiger partial charge in [-0.05, 0) is 144 Å². The maximum absolute atomic E-state index is 7.21. The quantitative estimate of drug-likeness (QED) is 0.0593. The molecular formula is C52H62Br2OSi. The molecule has 0 aliphatic rings. The number of hydrogen-bond acceptors (Lipinski definition) is 1. The van der Waals surface area contributed by atoms with E-state index in [1.807, 2.05) is 0 Å². The molecule has 4 heteroatoms. The van der Waals surface area contributed by atoms with Crippen LogP contribution in [0.5, 0.6) is 0 Å². The van der Waals surface area contributed by atoms with Crippen LogP contribution < -0.4 is 0 Å². The van der Waals surface area contributed by atoms with Crippen molar-refractivity contribution in [2.75, 3.05) is 0 Å². The summed E-state index contributed by atoms with van der Waals surface area (Å²) in [5, 5.41) is 0. The van der Waals surface area contributed by atoms with Gasteiger partial charge in [0, 0.05) is 8.95 Å². The van der Waals surface area contributed by atoms with Gasteiger partial charge >= 0.3 is 0 Å². The lowest BCUT2D eigenvalue weighted by atomic mass is 9.81. The predicted octanol–water partition coefficient (Wildman–Crippen LogP) is 15.8. The van der Waals surface area contributed by atoms with Crippen LogP contribution in [0.3, 0.4) is 0 Å². The lowest BCUT2D eigenvalue weighted by Gasteiger charge is -2.43. The van der Waals surface area contributed by atoms with Gasteiger partial charge < -0.3 is 4.43 Å². The minimum atomic E-state index is -1.78. The Morgan fingerprint density at radius 2 is 0.768 bits per heavy atom. The minimum Gasteiger partial charge on any atom is -0.412 e. The van der Waals surface area contributed by atoms with Gasteiger partial charge in [0.25, 0.3) is 0 Å². The third-order valence-electron chi connectivity index (χ3n) is 12.0. The monoisotopic (exact) mass is 888 g/mol. The van der Waals surface area contributed by atoms with E-state index in [-0.39, 0.29) is 5.60 Å². The Bertz CT molecular complexity index is 1960. The maximum Gasteiger partial charge on any atom is 0.192 e. The van der Waals surface area contributed by atoms with Crippen LogP contribution in [-0.4, -0.2) is 13.9 Å². The highest BCUT2D eigenvalue weighted by Gasteiger charge is 2.40. The highest BCUT2D eigenvalue weighted by molar-refractivity contribution is 9.10.